The number of aromatic nitrogens is 1. The molecule has 1 unspecified atom stereocenters. The smallest absolute Gasteiger partial charge is 0.305 e. The molecule has 3 N–H and O–H groups in total. The van der Waals surface area contributed by atoms with Crippen molar-refractivity contribution in [2.24, 2.45) is 0 Å². The summed E-state index contributed by atoms with van der Waals surface area (Å²) in [6.45, 7) is 2.80. The van der Waals surface area contributed by atoms with Crippen molar-refractivity contribution in [1.29, 1.82) is 0 Å². The van der Waals surface area contributed by atoms with E-state index >= 15 is 0 Å². The van der Waals surface area contributed by atoms with E-state index in [1.165, 1.54) is 5.56 Å². The molecule has 20 heavy (non-hydrogen) atoms. The fraction of sp³-hybridized carbons (Fsp3) is 0.400. The van der Waals surface area contributed by atoms with E-state index in [1.807, 2.05) is 25.1 Å². The summed E-state index contributed by atoms with van der Waals surface area (Å²) in [6.07, 6.45) is 1.70. The molecule has 0 saturated carbocycles. The maximum Gasteiger partial charge on any atom is 0.305 e. The lowest BCUT2D eigenvalue weighted by molar-refractivity contribution is -0.139. The van der Waals surface area contributed by atoms with Crippen LogP contribution in [0.5, 0.6) is 0 Å². The summed E-state index contributed by atoms with van der Waals surface area (Å²) in [5.41, 5.74) is 2.71. The van der Waals surface area contributed by atoms with Crippen molar-refractivity contribution >= 4 is 28.5 Å². The Morgan fingerprint density at radius 3 is 3.00 bits per heavy atom. The fourth-order valence-corrected chi connectivity index (χ4v) is 3.41. The number of rotatable bonds is 3. The monoisotopic (exact) mass is 292 g/mol. The van der Waals surface area contributed by atoms with Gasteiger partial charge in [0.25, 0.3) is 0 Å². The first kappa shape index (κ1) is 13.5. The molecular weight excluding hydrogens is 276 g/mol. The lowest BCUT2D eigenvalue weighted by Gasteiger charge is -2.36. The van der Waals surface area contributed by atoms with Crippen molar-refractivity contribution < 1.29 is 9.90 Å². The first-order valence-electron chi connectivity index (χ1n) is 6.83. The van der Waals surface area contributed by atoms with Gasteiger partial charge in [0.2, 0.25) is 0 Å². The highest BCUT2D eigenvalue weighted by atomic mass is 35.5. The molecule has 0 radical (unpaired) electrons. The Labute approximate surface area is 122 Å². The molecule has 1 aliphatic heterocycles. The number of carboxylic acids is 1. The normalized spacial score (nSPS) is 21.9. The van der Waals surface area contributed by atoms with Crippen LogP contribution in [0.4, 0.5) is 0 Å². The number of carboxylic acid groups (broad SMARTS) is 1. The van der Waals surface area contributed by atoms with Gasteiger partial charge in [-0.15, -0.1) is 0 Å². The zero-order valence-electron chi connectivity index (χ0n) is 11.3. The van der Waals surface area contributed by atoms with Crippen molar-refractivity contribution in [2.75, 3.05) is 6.54 Å². The molecule has 0 fully saturated rings. The summed E-state index contributed by atoms with van der Waals surface area (Å²) in [5, 5.41) is 14.4. The number of halogens is 1. The lowest BCUT2D eigenvalue weighted by atomic mass is 9.82. The van der Waals surface area contributed by atoms with E-state index in [2.05, 4.69) is 10.3 Å². The largest absolute Gasteiger partial charge is 0.481 e. The number of benzene rings is 1. The standard InChI is InChI=1S/C15H17ClN2O2/c1-2-15(8-13(19)20)14-10(5-6-17-15)11-7-9(16)3-4-12(11)18-14/h3-4,7,17-18H,2,5-6,8H2,1H3,(H,19,20). The van der Waals surface area contributed by atoms with Gasteiger partial charge < -0.3 is 15.4 Å². The van der Waals surface area contributed by atoms with Gasteiger partial charge in [-0.2, -0.15) is 0 Å². The van der Waals surface area contributed by atoms with Crippen LogP contribution in [0.1, 0.15) is 31.0 Å². The minimum absolute atomic E-state index is 0.0804. The van der Waals surface area contributed by atoms with Gasteiger partial charge in [-0.05, 0) is 36.6 Å². The van der Waals surface area contributed by atoms with Crippen molar-refractivity contribution in [3.05, 3.63) is 34.5 Å². The number of carbonyl (C=O) groups is 1. The second-order valence-electron chi connectivity index (χ2n) is 5.35. The molecular formula is C15H17ClN2O2. The Hall–Kier alpha value is -1.52. The second kappa shape index (κ2) is 4.79. The Balaban J connectivity index is 2.21. The summed E-state index contributed by atoms with van der Waals surface area (Å²) in [6, 6.07) is 5.76. The van der Waals surface area contributed by atoms with Crippen LogP contribution in [0.15, 0.2) is 18.2 Å². The lowest BCUT2D eigenvalue weighted by Crippen LogP contribution is -2.48. The first-order chi connectivity index (χ1) is 9.55. The van der Waals surface area contributed by atoms with E-state index in [0.29, 0.717) is 5.02 Å². The van der Waals surface area contributed by atoms with Gasteiger partial charge in [-0.1, -0.05) is 18.5 Å². The van der Waals surface area contributed by atoms with Gasteiger partial charge in [0, 0.05) is 28.2 Å². The van der Waals surface area contributed by atoms with E-state index < -0.39 is 11.5 Å². The number of hydrogen-bond donors (Lipinski definition) is 3. The third kappa shape index (κ3) is 2.00. The molecule has 0 bridgehead atoms. The number of hydrogen-bond acceptors (Lipinski definition) is 2. The van der Waals surface area contributed by atoms with Crippen LogP contribution in [0.3, 0.4) is 0 Å². The highest BCUT2D eigenvalue weighted by molar-refractivity contribution is 6.31. The Morgan fingerprint density at radius 1 is 1.50 bits per heavy atom. The first-order valence-corrected chi connectivity index (χ1v) is 7.21. The predicted octanol–water partition coefficient (Wildman–Crippen LogP) is 3.05. The average Bonchev–Trinajstić information content (AvgIpc) is 2.78. The third-order valence-corrected chi connectivity index (χ3v) is 4.48. The summed E-state index contributed by atoms with van der Waals surface area (Å²) in [4.78, 5) is 14.6. The van der Waals surface area contributed by atoms with Gasteiger partial charge in [0.05, 0.1) is 12.0 Å². The maximum atomic E-state index is 11.2. The minimum atomic E-state index is -0.788. The Kier molecular flexibility index (Phi) is 3.22. The molecule has 1 aromatic carbocycles. The van der Waals surface area contributed by atoms with Gasteiger partial charge in [0.1, 0.15) is 0 Å². The van der Waals surface area contributed by atoms with E-state index in [1.54, 1.807) is 0 Å². The molecule has 1 atom stereocenters. The Morgan fingerprint density at radius 2 is 2.30 bits per heavy atom. The number of aliphatic carboxylic acids is 1. The topological polar surface area (TPSA) is 65.1 Å². The van der Waals surface area contributed by atoms with Gasteiger partial charge >= 0.3 is 5.97 Å². The maximum absolute atomic E-state index is 11.2. The molecule has 1 aliphatic rings. The predicted molar refractivity (Wildman–Crippen MR) is 79.2 cm³/mol. The van der Waals surface area contributed by atoms with E-state index in [4.69, 9.17) is 11.6 Å². The second-order valence-corrected chi connectivity index (χ2v) is 5.79. The molecule has 2 heterocycles. The Bertz CT molecular complexity index is 680. The number of aromatic amines is 1. The molecule has 1 aromatic heterocycles. The zero-order chi connectivity index (χ0) is 14.3. The van der Waals surface area contributed by atoms with Crippen LogP contribution in [-0.2, 0) is 16.8 Å². The van der Waals surface area contributed by atoms with E-state index in [-0.39, 0.29) is 6.42 Å². The third-order valence-electron chi connectivity index (χ3n) is 4.24. The summed E-state index contributed by atoms with van der Waals surface area (Å²) in [7, 11) is 0. The fourth-order valence-electron chi connectivity index (χ4n) is 3.24. The molecule has 0 amide bonds. The van der Waals surface area contributed by atoms with Gasteiger partial charge in [0.15, 0.2) is 0 Å². The van der Waals surface area contributed by atoms with Gasteiger partial charge in [-0.25, -0.2) is 0 Å². The molecule has 0 spiro atoms. The van der Waals surface area contributed by atoms with Crippen LogP contribution in [0, 0.1) is 0 Å². The SMILES string of the molecule is CCC1(CC(=O)O)NCCc2c1[nH]c1ccc(Cl)cc21. The summed E-state index contributed by atoms with van der Waals surface area (Å²) >= 11 is 6.08. The highest BCUT2D eigenvalue weighted by Crippen LogP contribution is 2.38. The molecule has 0 aliphatic carbocycles. The molecule has 3 rings (SSSR count). The quantitative estimate of drug-likeness (QED) is 0.814. The van der Waals surface area contributed by atoms with Gasteiger partial charge in [-0.3, -0.25) is 4.79 Å². The molecule has 4 nitrogen and oxygen atoms in total. The number of fused-ring (bicyclic) bond motifs is 3. The van der Waals surface area contributed by atoms with Crippen LogP contribution in [-0.4, -0.2) is 22.6 Å². The van der Waals surface area contributed by atoms with Crippen molar-refractivity contribution in [3.63, 3.8) is 0 Å². The molecule has 2 aromatic rings. The highest BCUT2D eigenvalue weighted by Gasteiger charge is 2.39. The molecule has 0 saturated heterocycles. The number of H-pyrrole nitrogens is 1. The minimum Gasteiger partial charge on any atom is -0.481 e. The van der Waals surface area contributed by atoms with E-state index in [0.717, 1.165) is 36.0 Å². The van der Waals surface area contributed by atoms with Crippen LogP contribution >= 0.6 is 11.6 Å². The average molecular weight is 293 g/mol. The molecule has 5 heteroatoms. The van der Waals surface area contributed by atoms with Crippen LogP contribution in [0.25, 0.3) is 10.9 Å². The van der Waals surface area contributed by atoms with Crippen LogP contribution in [0.2, 0.25) is 5.02 Å². The van der Waals surface area contributed by atoms with Crippen molar-refractivity contribution in [2.45, 2.75) is 31.7 Å². The van der Waals surface area contributed by atoms with E-state index in [9.17, 15) is 9.90 Å². The van der Waals surface area contributed by atoms with Crippen molar-refractivity contribution in [3.8, 4) is 0 Å². The van der Waals surface area contributed by atoms with Crippen LogP contribution < -0.4 is 5.32 Å². The zero-order valence-corrected chi connectivity index (χ0v) is 12.0. The summed E-state index contributed by atoms with van der Waals surface area (Å²) < 4.78 is 0. The molecule has 106 valence electrons. The number of nitrogens with one attached hydrogen (secondary N) is 2. The summed E-state index contributed by atoms with van der Waals surface area (Å²) in [5.74, 6) is -0.788. The van der Waals surface area contributed by atoms with Crippen molar-refractivity contribution in [1.82, 2.24) is 10.3 Å².